The lowest BCUT2D eigenvalue weighted by Gasteiger charge is -2.09. The van der Waals surface area contributed by atoms with E-state index in [9.17, 15) is 8.42 Å². The normalized spacial score (nSPS) is 11.6. The second-order valence-electron chi connectivity index (χ2n) is 4.02. The van der Waals surface area contributed by atoms with Crippen LogP contribution in [0.5, 0.6) is 0 Å². The lowest BCUT2D eigenvalue weighted by Crippen LogP contribution is -2.17. The number of halogens is 2. The molecule has 6 nitrogen and oxygen atoms in total. The van der Waals surface area contributed by atoms with Gasteiger partial charge in [0.15, 0.2) is 5.03 Å². The summed E-state index contributed by atoms with van der Waals surface area (Å²) >= 11 is 11.7. The summed E-state index contributed by atoms with van der Waals surface area (Å²) in [5.74, 6) is 0. The van der Waals surface area contributed by atoms with Crippen molar-refractivity contribution in [2.24, 2.45) is 0 Å². The summed E-state index contributed by atoms with van der Waals surface area (Å²) < 4.78 is 27.0. The minimum Gasteiger partial charge on any atom is -0.316 e. The number of anilines is 1. The number of rotatable bonds is 5. The summed E-state index contributed by atoms with van der Waals surface area (Å²) in [5, 5.41) is 9.78. The molecule has 0 aliphatic carbocycles. The Balaban J connectivity index is 2.33. The van der Waals surface area contributed by atoms with Crippen molar-refractivity contribution >= 4 is 38.9 Å². The van der Waals surface area contributed by atoms with Crippen molar-refractivity contribution in [3.8, 4) is 0 Å². The molecular weight excluding hydrogens is 323 g/mol. The Morgan fingerprint density at radius 3 is 2.50 bits per heavy atom. The van der Waals surface area contributed by atoms with Crippen LogP contribution in [-0.4, -0.2) is 25.7 Å². The maximum Gasteiger partial charge on any atom is 0.279 e. The molecule has 20 heavy (non-hydrogen) atoms. The van der Waals surface area contributed by atoms with Crippen LogP contribution in [0.4, 0.5) is 5.69 Å². The van der Waals surface area contributed by atoms with E-state index in [1.807, 2.05) is 0 Å². The Morgan fingerprint density at radius 1 is 1.25 bits per heavy atom. The molecule has 9 heteroatoms. The van der Waals surface area contributed by atoms with E-state index in [2.05, 4.69) is 20.2 Å². The van der Waals surface area contributed by atoms with E-state index in [0.29, 0.717) is 22.2 Å². The zero-order chi connectivity index (χ0) is 14.8. The molecule has 2 rings (SSSR count). The van der Waals surface area contributed by atoms with Crippen LogP contribution in [0, 0.1) is 0 Å². The molecule has 1 heterocycles. The number of nitrogens with one attached hydrogen (secondary N) is 3. The van der Waals surface area contributed by atoms with E-state index in [1.165, 1.54) is 24.4 Å². The molecule has 1 aromatic carbocycles. The van der Waals surface area contributed by atoms with Gasteiger partial charge in [-0.2, -0.15) is 13.5 Å². The highest BCUT2D eigenvalue weighted by Crippen LogP contribution is 2.25. The van der Waals surface area contributed by atoms with Gasteiger partial charge in [-0.1, -0.05) is 23.2 Å². The number of benzene rings is 1. The van der Waals surface area contributed by atoms with Crippen LogP contribution >= 0.6 is 23.2 Å². The third-order valence-corrected chi connectivity index (χ3v) is 4.26. The molecule has 0 amide bonds. The summed E-state index contributed by atoms with van der Waals surface area (Å²) in [6, 6.07) is 4.46. The van der Waals surface area contributed by atoms with Gasteiger partial charge in [0.05, 0.1) is 11.9 Å². The summed E-state index contributed by atoms with van der Waals surface area (Å²) in [6.07, 6.45) is 1.45. The number of sulfonamides is 1. The highest BCUT2D eigenvalue weighted by atomic mass is 35.5. The number of hydrogen-bond donors (Lipinski definition) is 3. The van der Waals surface area contributed by atoms with Gasteiger partial charge in [0.25, 0.3) is 10.0 Å². The fourth-order valence-corrected chi connectivity index (χ4v) is 3.37. The van der Waals surface area contributed by atoms with E-state index >= 15 is 0 Å². The quantitative estimate of drug-likeness (QED) is 0.782. The first-order chi connectivity index (χ1) is 9.42. The van der Waals surface area contributed by atoms with Crippen LogP contribution in [-0.2, 0) is 16.6 Å². The SMILES string of the molecule is CNCc1cn[nH]c1S(=O)(=O)Nc1cc(Cl)cc(Cl)c1. The standard InChI is InChI=1S/C11H12Cl2N4O2S/c1-14-5-7-6-15-16-11(7)20(18,19)17-10-3-8(12)2-9(13)4-10/h2-4,6,14,17H,5H2,1H3,(H,15,16). The number of aromatic nitrogens is 2. The average molecular weight is 335 g/mol. The second kappa shape index (κ2) is 6.01. The molecule has 0 saturated heterocycles. The molecule has 108 valence electrons. The summed E-state index contributed by atoms with van der Waals surface area (Å²) in [4.78, 5) is 0. The highest BCUT2D eigenvalue weighted by Gasteiger charge is 2.20. The summed E-state index contributed by atoms with van der Waals surface area (Å²) in [6.45, 7) is 0.378. The van der Waals surface area contributed by atoms with Crippen molar-refractivity contribution < 1.29 is 8.42 Å². The van der Waals surface area contributed by atoms with Gasteiger partial charge in [-0.25, -0.2) is 0 Å². The van der Waals surface area contributed by atoms with Crippen molar-refractivity contribution in [1.82, 2.24) is 15.5 Å². The van der Waals surface area contributed by atoms with Gasteiger partial charge in [-0.3, -0.25) is 9.82 Å². The molecule has 0 unspecified atom stereocenters. The zero-order valence-corrected chi connectivity index (χ0v) is 12.8. The Bertz CT molecular complexity index is 695. The molecule has 0 radical (unpaired) electrons. The minimum atomic E-state index is -3.78. The first kappa shape index (κ1) is 15.1. The van der Waals surface area contributed by atoms with Gasteiger partial charge in [0.2, 0.25) is 0 Å². The summed E-state index contributed by atoms with van der Waals surface area (Å²) in [5.41, 5.74) is 0.820. The second-order valence-corrected chi connectivity index (χ2v) is 6.51. The number of H-pyrrole nitrogens is 1. The fourth-order valence-electron chi connectivity index (χ4n) is 1.67. The van der Waals surface area contributed by atoms with Crippen LogP contribution in [0.1, 0.15) is 5.56 Å². The van der Waals surface area contributed by atoms with Crippen LogP contribution in [0.15, 0.2) is 29.4 Å². The predicted octanol–water partition coefficient (Wildman–Crippen LogP) is 2.24. The highest BCUT2D eigenvalue weighted by molar-refractivity contribution is 7.92. The molecule has 0 bridgehead atoms. The molecule has 3 N–H and O–H groups in total. The first-order valence-electron chi connectivity index (χ1n) is 5.58. The van der Waals surface area contributed by atoms with Gasteiger partial charge in [-0.15, -0.1) is 0 Å². The van der Waals surface area contributed by atoms with Crippen LogP contribution in [0.3, 0.4) is 0 Å². The van der Waals surface area contributed by atoms with E-state index < -0.39 is 10.0 Å². The molecule has 0 atom stereocenters. The van der Waals surface area contributed by atoms with Crippen molar-refractivity contribution in [2.45, 2.75) is 11.6 Å². The van der Waals surface area contributed by atoms with Crippen LogP contribution < -0.4 is 10.0 Å². The monoisotopic (exact) mass is 334 g/mol. The topological polar surface area (TPSA) is 86.9 Å². The van der Waals surface area contributed by atoms with Crippen LogP contribution in [0.25, 0.3) is 0 Å². The lowest BCUT2D eigenvalue weighted by molar-refractivity contribution is 0.595. The zero-order valence-electron chi connectivity index (χ0n) is 10.4. The Hall–Kier alpha value is -1.28. The Kier molecular flexibility index (Phi) is 4.54. The maximum atomic E-state index is 12.3. The minimum absolute atomic E-state index is 0.00273. The smallest absolute Gasteiger partial charge is 0.279 e. The lowest BCUT2D eigenvalue weighted by atomic mass is 10.3. The van der Waals surface area contributed by atoms with Crippen molar-refractivity contribution in [3.05, 3.63) is 40.0 Å². The van der Waals surface area contributed by atoms with Crippen molar-refractivity contribution in [1.29, 1.82) is 0 Å². The van der Waals surface area contributed by atoms with Gasteiger partial charge in [0.1, 0.15) is 0 Å². The molecule has 0 aliphatic heterocycles. The third-order valence-electron chi connectivity index (χ3n) is 2.43. The van der Waals surface area contributed by atoms with Gasteiger partial charge < -0.3 is 5.32 Å². The van der Waals surface area contributed by atoms with E-state index in [0.717, 1.165) is 0 Å². The van der Waals surface area contributed by atoms with Crippen LogP contribution in [0.2, 0.25) is 10.0 Å². The van der Waals surface area contributed by atoms with E-state index in [4.69, 9.17) is 23.2 Å². The molecule has 1 aromatic heterocycles. The Labute approximate surface area is 126 Å². The number of hydrogen-bond acceptors (Lipinski definition) is 4. The number of aromatic amines is 1. The maximum absolute atomic E-state index is 12.3. The molecule has 0 spiro atoms. The molecular formula is C11H12Cl2N4O2S. The molecule has 0 saturated carbocycles. The fraction of sp³-hybridized carbons (Fsp3) is 0.182. The summed E-state index contributed by atoms with van der Waals surface area (Å²) in [7, 11) is -2.07. The van der Waals surface area contributed by atoms with E-state index in [-0.39, 0.29) is 10.7 Å². The largest absolute Gasteiger partial charge is 0.316 e. The van der Waals surface area contributed by atoms with Gasteiger partial charge in [-0.05, 0) is 25.2 Å². The van der Waals surface area contributed by atoms with Gasteiger partial charge >= 0.3 is 0 Å². The first-order valence-corrected chi connectivity index (χ1v) is 7.82. The van der Waals surface area contributed by atoms with E-state index in [1.54, 1.807) is 7.05 Å². The molecule has 0 aliphatic rings. The van der Waals surface area contributed by atoms with Gasteiger partial charge in [0, 0.05) is 22.2 Å². The number of nitrogens with zero attached hydrogens (tertiary/aromatic N) is 1. The van der Waals surface area contributed by atoms with Crippen molar-refractivity contribution in [3.63, 3.8) is 0 Å². The third kappa shape index (κ3) is 3.43. The Morgan fingerprint density at radius 2 is 1.90 bits per heavy atom. The average Bonchev–Trinajstić information content (AvgIpc) is 2.76. The predicted molar refractivity (Wildman–Crippen MR) is 78.6 cm³/mol. The molecule has 2 aromatic rings. The van der Waals surface area contributed by atoms with Crippen molar-refractivity contribution in [2.75, 3.05) is 11.8 Å². The molecule has 0 fully saturated rings.